The van der Waals surface area contributed by atoms with Crippen LogP contribution in [0.3, 0.4) is 0 Å². The Bertz CT molecular complexity index is 533. The molecule has 110 valence electrons. The first kappa shape index (κ1) is 15.4. The summed E-state index contributed by atoms with van der Waals surface area (Å²) in [7, 11) is 0. The second kappa shape index (κ2) is 5.43. The number of aliphatic hydroxyl groups is 1. The van der Waals surface area contributed by atoms with Crippen molar-refractivity contribution in [1.82, 2.24) is 0 Å². The average molecular weight is 318 g/mol. The molecule has 1 saturated carbocycles. The van der Waals surface area contributed by atoms with E-state index in [2.05, 4.69) is 5.32 Å². The minimum Gasteiger partial charge on any atom is -0.494 e. The minimum atomic E-state index is -0.998. The van der Waals surface area contributed by atoms with Crippen molar-refractivity contribution in [1.29, 1.82) is 0 Å². The summed E-state index contributed by atoms with van der Waals surface area (Å²) in [5.41, 5.74) is 0.432. The van der Waals surface area contributed by atoms with Crippen LogP contribution in [0.1, 0.15) is 25.8 Å². The predicted octanol–water partition coefficient (Wildman–Crippen LogP) is 3.10. The summed E-state index contributed by atoms with van der Waals surface area (Å²) in [5.74, 6) is 0.380. The van der Waals surface area contributed by atoms with E-state index in [1.807, 2.05) is 6.92 Å². The molecular weight excluding hydrogens is 301 g/mol. The molecule has 1 amide bonds. The number of benzene rings is 1. The van der Waals surface area contributed by atoms with Crippen molar-refractivity contribution in [3.05, 3.63) is 23.8 Å². The maximum absolute atomic E-state index is 12.1. The molecule has 4 nitrogen and oxygen atoms in total. The number of rotatable bonds is 5. The lowest BCUT2D eigenvalue weighted by Gasteiger charge is -2.14. The van der Waals surface area contributed by atoms with Crippen LogP contribution in [-0.4, -0.2) is 22.0 Å². The Labute approximate surface area is 128 Å². The number of ether oxygens (including phenoxy) is 1. The van der Waals surface area contributed by atoms with Gasteiger partial charge in [-0.3, -0.25) is 4.79 Å². The number of aliphatic hydroxyl groups excluding tert-OH is 1. The zero-order valence-electron chi connectivity index (χ0n) is 11.4. The summed E-state index contributed by atoms with van der Waals surface area (Å²) >= 11 is 12.0. The Morgan fingerprint density at radius 2 is 2.15 bits per heavy atom. The van der Waals surface area contributed by atoms with Gasteiger partial charge in [0.1, 0.15) is 10.1 Å². The number of carbonyl (C=O) groups excluding carboxylic acids is 1. The first-order valence-electron chi connectivity index (χ1n) is 6.40. The Kier molecular flexibility index (Phi) is 4.19. The highest BCUT2D eigenvalue weighted by molar-refractivity contribution is 6.53. The molecule has 0 radical (unpaired) electrons. The van der Waals surface area contributed by atoms with E-state index < -0.39 is 9.75 Å². The number of hydrogen-bond acceptors (Lipinski definition) is 3. The van der Waals surface area contributed by atoms with Crippen LogP contribution in [0, 0.1) is 5.41 Å². The van der Waals surface area contributed by atoms with E-state index in [9.17, 15) is 9.90 Å². The fraction of sp³-hybridized carbons (Fsp3) is 0.500. The van der Waals surface area contributed by atoms with Gasteiger partial charge in [0.2, 0.25) is 5.91 Å². The maximum Gasteiger partial charge on any atom is 0.233 e. The van der Waals surface area contributed by atoms with Gasteiger partial charge in [0.25, 0.3) is 0 Å². The van der Waals surface area contributed by atoms with E-state index in [1.54, 1.807) is 25.1 Å². The monoisotopic (exact) mass is 317 g/mol. The van der Waals surface area contributed by atoms with E-state index in [-0.39, 0.29) is 12.5 Å². The fourth-order valence-corrected chi connectivity index (χ4v) is 2.70. The molecule has 2 rings (SSSR count). The number of nitrogens with one attached hydrogen (secondary N) is 1. The molecule has 0 bridgehead atoms. The summed E-state index contributed by atoms with van der Waals surface area (Å²) in [6.45, 7) is 3.94. The van der Waals surface area contributed by atoms with Crippen LogP contribution in [0.4, 0.5) is 5.69 Å². The highest BCUT2D eigenvalue weighted by atomic mass is 35.5. The minimum absolute atomic E-state index is 0.161. The van der Waals surface area contributed by atoms with Crippen LogP contribution in [0.5, 0.6) is 5.75 Å². The van der Waals surface area contributed by atoms with Crippen LogP contribution in [-0.2, 0) is 11.4 Å². The summed E-state index contributed by atoms with van der Waals surface area (Å²) in [4.78, 5) is 12.1. The van der Waals surface area contributed by atoms with Crippen molar-refractivity contribution < 1.29 is 14.6 Å². The molecule has 1 atom stereocenters. The highest BCUT2D eigenvalue weighted by Crippen LogP contribution is 2.64. The van der Waals surface area contributed by atoms with Gasteiger partial charge in [-0.1, -0.05) is 0 Å². The molecule has 1 unspecified atom stereocenters. The number of amides is 1. The summed E-state index contributed by atoms with van der Waals surface area (Å²) in [6.07, 6.45) is 0.429. The number of hydrogen-bond donors (Lipinski definition) is 2. The van der Waals surface area contributed by atoms with Crippen molar-refractivity contribution in [3.63, 3.8) is 0 Å². The fourth-order valence-electron chi connectivity index (χ4n) is 1.99. The van der Waals surface area contributed by atoms with Gasteiger partial charge in [-0.15, -0.1) is 23.2 Å². The van der Waals surface area contributed by atoms with Crippen LogP contribution < -0.4 is 10.1 Å². The first-order valence-corrected chi connectivity index (χ1v) is 7.15. The standard InChI is InChI=1S/C14H17Cl2NO3/c1-3-20-11-5-4-10(6-9(11)7-18)17-12(19)13(2)8-14(13,15)16/h4-6,18H,3,7-8H2,1-2H3,(H,17,19). The maximum atomic E-state index is 12.1. The molecule has 2 N–H and O–H groups in total. The lowest BCUT2D eigenvalue weighted by molar-refractivity contribution is -0.120. The van der Waals surface area contributed by atoms with Crippen LogP contribution in [0.15, 0.2) is 18.2 Å². The number of halogens is 2. The Morgan fingerprint density at radius 1 is 1.50 bits per heavy atom. The lowest BCUT2D eigenvalue weighted by Crippen LogP contribution is -2.26. The van der Waals surface area contributed by atoms with Gasteiger partial charge in [-0.2, -0.15) is 0 Å². The van der Waals surface area contributed by atoms with Gasteiger partial charge >= 0.3 is 0 Å². The molecule has 6 heteroatoms. The Morgan fingerprint density at radius 3 is 2.65 bits per heavy atom. The number of alkyl halides is 2. The SMILES string of the molecule is CCOc1ccc(NC(=O)C2(C)CC2(Cl)Cl)cc1CO. The van der Waals surface area contributed by atoms with Gasteiger partial charge in [-0.25, -0.2) is 0 Å². The largest absolute Gasteiger partial charge is 0.494 e. The Balaban J connectivity index is 2.13. The number of carbonyl (C=O) groups is 1. The van der Waals surface area contributed by atoms with Crippen molar-refractivity contribution in [3.8, 4) is 5.75 Å². The normalized spacial score (nSPS) is 23.2. The van der Waals surface area contributed by atoms with E-state index in [0.717, 1.165) is 0 Å². The molecule has 0 spiro atoms. The predicted molar refractivity (Wildman–Crippen MR) is 79.3 cm³/mol. The van der Waals surface area contributed by atoms with Gasteiger partial charge < -0.3 is 15.2 Å². The molecule has 1 fully saturated rings. The molecule has 1 aromatic carbocycles. The van der Waals surface area contributed by atoms with E-state index in [1.165, 1.54) is 0 Å². The second-order valence-corrected chi connectivity index (χ2v) is 6.57. The molecule has 1 aliphatic carbocycles. The van der Waals surface area contributed by atoms with Crippen LogP contribution in [0.25, 0.3) is 0 Å². The zero-order chi connectivity index (χ0) is 15.0. The van der Waals surface area contributed by atoms with Crippen LogP contribution in [0.2, 0.25) is 0 Å². The molecule has 1 aliphatic rings. The molecule has 0 saturated heterocycles. The first-order chi connectivity index (χ1) is 9.34. The van der Waals surface area contributed by atoms with E-state index >= 15 is 0 Å². The third kappa shape index (κ3) is 2.73. The topological polar surface area (TPSA) is 58.6 Å². The molecule has 1 aromatic rings. The van der Waals surface area contributed by atoms with E-state index in [4.69, 9.17) is 27.9 Å². The smallest absolute Gasteiger partial charge is 0.233 e. The summed E-state index contributed by atoms with van der Waals surface area (Å²) < 4.78 is 4.39. The van der Waals surface area contributed by atoms with Crippen molar-refractivity contribution >= 4 is 34.8 Å². The molecule has 0 aliphatic heterocycles. The zero-order valence-corrected chi connectivity index (χ0v) is 12.9. The van der Waals surface area contributed by atoms with Gasteiger partial charge in [-0.05, 0) is 38.5 Å². The lowest BCUT2D eigenvalue weighted by atomic mass is 10.1. The molecule has 20 heavy (non-hydrogen) atoms. The second-order valence-electron chi connectivity index (χ2n) is 5.08. The molecular formula is C14H17Cl2NO3. The van der Waals surface area contributed by atoms with Gasteiger partial charge in [0, 0.05) is 11.3 Å². The van der Waals surface area contributed by atoms with Crippen LogP contribution >= 0.6 is 23.2 Å². The highest BCUT2D eigenvalue weighted by Gasteiger charge is 2.67. The quantitative estimate of drug-likeness (QED) is 0.820. The average Bonchev–Trinajstić information content (AvgIpc) is 2.92. The third-order valence-corrected chi connectivity index (χ3v) is 4.65. The summed E-state index contributed by atoms with van der Waals surface area (Å²) in [5, 5.41) is 12.1. The van der Waals surface area contributed by atoms with Crippen molar-refractivity contribution in [2.45, 2.75) is 31.2 Å². The van der Waals surface area contributed by atoms with Crippen molar-refractivity contribution in [2.24, 2.45) is 5.41 Å². The van der Waals surface area contributed by atoms with Crippen molar-refractivity contribution in [2.75, 3.05) is 11.9 Å². The van der Waals surface area contributed by atoms with Gasteiger partial charge in [0.05, 0.1) is 18.6 Å². The molecule has 0 heterocycles. The van der Waals surface area contributed by atoms with E-state index in [0.29, 0.717) is 30.0 Å². The Hall–Kier alpha value is -0.970. The third-order valence-electron chi connectivity index (χ3n) is 3.55. The number of anilines is 1. The van der Waals surface area contributed by atoms with Gasteiger partial charge in [0.15, 0.2) is 0 Å². The summed E-state index contributed by atoms with van der Waals surface area (Å²) in [6, 6.07) is 5.12. The molecule has 0 aromatic heterocycles.